The molecule has 0 aliphatic carbocycles. The van der Waals surface area contributed by atoms with Gasteiger partial charge < -0.3 is 40.9 Å². The average Bonchev–Trinajstić information content (AvgIpc) is 2.35. The van der Waals surface area contributed by atoms with Crippen LogP contribution in [-0.4, -0.2) is 200 Å². The van der Waals surface area contributed by atoms with Gasteiger partial charge in [0, 0.05) is 0 Å². The van der Waals surface area contributed by atoms with E-state index in [1.165, 1.54) is 0 Å². The van der Waals surface area contributed by atoms with Gasteiger partial charge in [0.05, 0.1) is 0 Å². The Morgan fingerprint density at radius 1 is 0.478 bits per heavy atom. The standard InChI is InChI=1S/2C4H6O6.K.2Na.3H/c2*5-1(3(7)8)2(6)4(9)10;;;;;;/h2*1-2,5-6H,(H,7,8)(H,9,10);;;;;;. The SMILES string of the molecule is O=C(O)C(O)C(O)C(=O)O.O=C(O)C(O)C(O)C(=O)O.[KH].[NaH].[NaH]. The fourth-order valence-electron chi connectivity index (χ4n) is 0.540. The number of hydrogen-bond donors (Lipinski definition) is 8. The van der Waals surface area contributed by atoms with Crippen molar-refractivity contribution in [3.63, 3.8) is 0 Å². The van der Waals surface area contributed by atoms with Crippen LogP contribution >= 0.6 is 0 Å². The fourth-order valence-corrected chi connectivity index (χ4v) is 0.540. The van der Waals surface area contributed by atoms with Crippen LogP contribution in [0, 0.1) is 0 Å². The zero-order valence-corrected chi connectivity index (χ0v) is 9.52. The third kappa shape index (κ3) is 16.6. The van der Waals surface area contributed by atoms with Crippen molar-refractivity contribution in [3.05, 3.63) is 0 Å². The monoisotopic (exact) mass is 388 g/mol. The second kappa shape index (κ2) is 18.2. The van der Waals surface area contributed by atoms with Gasteiger partial charge in [-0.3, -0.25) is 0 Å². The van der Waals surface area contributed by atoms with E-state index in [1.807, 2.05) is 0 Å². The Kier molecular flexibility index (Phi) is 28.0. The quantitative estimate of drug-likeness (QED) is 0.199. The third-order valence-electron chi connectivity index (χ3n) is 1.61. The molecule has 0 aliphatic rings. The van der Waals surface area contributed by atoms with Crippen molar-refractivity contribution in [1.29, 1.82) is 0 Å². The van der Waals surface area contributed by atoms with Gasteiger partial charge in [-0.25, -0.2) is 19.2 Å². The summed E-state index contributed by atoms with van der Waals surface area (Å²) in [7, 11) is 0. The van der Waals surface area contributed by atoms with Crippen LogP contribution in [0.1, 0.15) is 0 Å². The van der Waals surface area contributed by atoms with Crippen molar-refractivity contribution in [2.45, 2.75) is 24.4 Å². The predicted molar refractivity (Wildman–Crippen MR) is 76.0 cm³/mol. The van der Waals surface area contributed by atoms with Crippen LogP contribution in [0.2, 0.25) is 0 Å². The molecular formula is C8H15KNa2O12. The molecule has 0 radical (unpaired) electrons. The van der Waals surface area contributed by atoms with Crippen LogP contribution in [0.4, 0.5) is 0 Å². The van der Waals surface area contributed by atoms with E-state index < -0.39 is 48.3 Å². The van der Waals surface area contributed by atoms with Crippen LogP contribution in [0.15, 0.2) is 0 Å². The molecule has 0 aromatic rings. The molecule has 0 spiro atoms. The van der Waals surface area contributed by atoms with E-state index in [1.54, 1.807) is 0 Å². The molecule has 0 amide bonds. The molecule has 12 nitrogen and oxygen atoms in total. The van der Waals surface area contributed by atoms with Crippen molar-refractivity contribution in [1.82, 2.24) is 0 Å². The maximum absolute atomic E-state index is 9.77. The summed E-state index contributed by atoms with van der Waals surface area (Å²) in [5, 5.41) is 65.1. The van der Waals surface area contributed by atoms with Crippen molar-refractivity contribution in [2.75, 3.05) is 0 Å². The number of aliphatic hydroxyl groups excluding tert-OH is 4. The molecule has 0 fully saturated rings. The Labute approximate surface area is 215 Å². The topological polar surface area (TPSA) is 230 Å². The number of hydrogen-bond acceptors (Lipinski definition) is 8. The first-order valence-corrected chi connectivity index (χ1v) is 4.57. The molecule has 0 aromatic heterocycles. The summed E-state index contributed by atoms with van der Waals surface area (Å²) in [6.07, 6.45) is -9.06. The van der Waals surface area contributed by atoms with Crippen LogP contribution in [-0.2, 0) is 19.2 Å². The van der Waals surface area contributed by atoms with E-state index in [4.69, 9.17) is 40.9 Å². The number of rotatable bonds is 6. The van der Waals surface area contributed by atoms with E-state index in [9.17, 15) is 19.2 Å². The zero-order valence-electron chi connectivity index (χ0n) is 9.52. The predicted octanol–water partition coefficient (Wildman–Crippen LogP) is -6.19. The van der Waals surface area contributed by atoms with Gasteiger partial charge in [-0.05, 0) is 0 Å². The number of carboxylic acids is 4. The molecule has 4 atom stereocenters. The van der Waals surface area contributed by atoms with Crippen molar-refractivity contribution < 1.29 is 60.0 Å². The van der Waals surface area contributed by atoms with E-state index in [-0.39, 0.29) is 110 Å². The molecule has 0 aliphatic heterocycles. The minimum absolute atomic E-state index is 0. The molecule has 15 heteroatoms. The van der Waals surface area contributed by atoms with Gasteiger partial charge in [-0.1, -0.05) is 0 Å². The zero-order chi connectivity index (χ0) is 16.6. The molecule has 0 saturated heterocycles. The summed E-state index contributed by atoms with van der Waals surface area (Å²) < 4.78 is 0. The summed E-state index contributed by atoms with van der Waals surface area (Å²) in [4.78, 5) is 39.1. The van der Waals surface area contributed by atoms with E-state index in [0.29, 0.717) is 0 Å². The second-order valence-electron chi connectivity index (χ2n) is 3.13. The molecule has 8 N–H and O–H groups in total. The molecule has 4 unspecified atom stereocenters. The summed E-state index contributed by atoms with van der Waals surface area (Å²) in [5.41, 5.74) is 0. The Hall–Kier alpha value is 1.36. The number of carbonyl (C=O) groups is 4. The summed E-state index contributed by atoms with van der Waals surface area (Å²) in [6, 6.07) is 0. The molecule has 0 aromatic carbocycles. The number of aliphatic hydroxyl groups is 4. The Morgan fingerprint density at radius 3 is 0.609 bits per heavy atom. The van der Waals surface area contributed by atoms with Crippen LogP contribution < -0.4 is 0 Å². The fraction of sp³-hybridized carbons (Fsp3) is 0.500. The van der Waals surface area contributed by atoms with Crippen LogP contribution in [0.3, 0.4) is 0 Å². The minimum atomic E-state index is -2.27. The molecule has 23 heavy (non-hydrogen) atoms. The van der Waals surface area contributed by atoms with Gasteiger partial charge in [-0.2, -0.15) is 0 Å². The molecule has 0 rings (SSSR count). The van der Waals surface area contributed by atoms with Gasteiger partial charge in [0.15, 0.2) is 24.4 Å². The number of carboxylic acid groups (broad SMARTS) is 4. The van der Waals surface area contributed by atoms with Gasteiger partial charge in [0.2, 0.25) is 0 Å². The van der Waals surface area contributed by atoms with E-state index in [0.717, 1.165) is 0 Å². The van der Waals surface area contributed by atoms with Crippen molar-refractivity contribution in [2.24, 2.45) is 0 Å². The Bertz CT molecular complexity index is 319. The maximum atomic E-state index is 9.77. The first-order chi connectivity index (χ1) is 8.93. The second-order valence-corrected chi connectivity index (χ2v) is 3.13. The molecular weight excluding hydrogens is 373 g/mol. The Balaban J connectivity index is -0.0000000831. The van der Waals surface area contributed by atoms with Crippen LogP contribution in [0.5, 0.6) is 0 Å². The molecule has 0 heterocycles. The molecule has 0 saturated carbocycles. The van der Waals surface area contributed by atoms with Crippen LogP contribution in [0.25, 0.3) is 0 Å². The third-order valence-corrected chi connectivity index (χ3v) is 1.61. The van der Waals surface area contributed by atoms with Gasteiger partial charge in [0.1, 0.15) is 0 Å². The van der Waals surface area contributed by atoms with Gasteiger partial charge >= 0.3 is 134 Å². The summed E-state index contributed by atoms with van der Waals surface area (Å²) >= 11 is 0. The summed E-state index contributed by atoms with van der Waals surface area (Å²) in [5.74, 6) is -7.07. The Morgan fingerprint density at radius 2 is 0.565 bits per heavy atom. The van der Waals surface area contributed by atoms with Crippen molar-refractivity contribution in [3.8, 4) is 0 Å². The van der Waals surface area contributed by atoms with Gasteiger partial charge in [-0.15, -0.1) is 0 Å². The van der Waals surface area contributed by atoms with E-state index >= 15 is 0 Å². The van der Waals surface area contributed by atoms with E-state index in [2.05, 4.69) is 0 Å². The molecule has 0 bridgehead atoms. The first kappa shape index (κ1) is 35.5. The normalized spacial score (nSPS) is 13.7. The number of aliphatic carboxylic acids is 4. The average molecular weight is 388 g/mol. The van der Waals surface area contributed by atoms with Gasteiger partial charge in [0.25, 0.3) is 0 Å². The van der Waals surface area contributed by atoms with Crippen molar-refractivity contribution >= 4 is 134 Å². The summed E-state index contributed by atoms with van der Waals surface area (Å²) in [6.45, 7) is 0. The molecule has 122 valence electrons. The first-order valence-electron chi connectivity index (χ1n) is 4.57.